The predicted octanol–water partition coefficient (Wildman–Crippen LogP) is -1.72. The zero-order valence-electron chi connectivity index (χ0n) is 17.9. The van der Waals surface area contributed by atoms with Gasteiger partial charge in [-0.3, -0.25) is 0 Å². The van der Waals surface area contributed by atoms with Crippen LogP contribution >= 0.6 is 0 Å². The Hall–Kier alpha value is -0.400. The van der Waals surface area contributed by atoms with Crippen LogP contribution in [-0.4, -0.2) is 120 Å². The van der Waals surface area contributed by atoms with E-state index in [2.05, 4.69) is 0 Å². The molecule has 5 unspecified atom stereocenters. The second kappa shape index (κ2) is 16.3. The van der Waals surface area contributed by atoms with E-state index in [1.165, 1.54) is 6.92 Å². The van der Waals surface area contributed by atoms with Crippen molar-refractivity contribution < 1.29 is 49.6 Å². The Morgan fingerprint density at radius 2 is 1.17 bits per heavy atom. The summed E-state index contributed by atoms with van der Waals surface area (Å²) in [5.41, 5.74) is 0. The standard InChI is InChI=1S/C19H40O10/c1-12(7-26-9-16(23)5-20)8-28-18(11-27-10-17(24)6-21)14(3)29-15(4)19(25)13(2)22/h12-25H,5-11H2,1-4H3/t12?,13-,14-,15+,16?,17?,18?,19?/m1/s1. The lowest BCUT2D eigenvalue weighted by molar-refractivity contribution is -0.157. The van der Waals surface area contributed by atoms with E-state index in [1.807, 2.05) is 6.92 Å². The van der Waals surface area contributed by atoms with Gasteiger partial charge >= 0.3 is 0 Å². The maximum absolute atomic E-state index is 9.92. The molecule has 0 aromatic heterocycles. The molecule has 0 bridgehead atoms. The third-order valence-corrected chi connectivity index (χ3v) is 4.25. The summed E-state index contributed by atoms with van der Waals surface area (Å²) in [6.07, 6.45) is -5.58. The van der Waals surface area contributed by atoms with E-state index in [0.29, 0.717) is 13.2 Å². The van der Waals surface area contributed by atoms with E-state index in [9.17, 15) is 20.4 Å². The molecular formula is C19H40O10. The van der Waals surface area contributed by atoms with Gasteiger partial charge in [-0.25, -0.2) is 0 Å². The second-order valence-corrected chi connectivity index (χ2v) is 7.50. The van der Waals surface area contributed by atoms with Gasteiger partial charge < -0.3 is 49.6 Å². The summed E-state index contributed by atoms with van der Waals surface area (Å²) in [6.45, 7) is 6.65. The average Bonchev–Trinajstić information content (AvgIpc) is 2.68. The zero-order chi connectivity index (χ0) is 22.4. The van der Waals surface area contributed by atoms with E-state index >= 15 is 0 Å². The van der Waals surface area contributed by atoms with Gasteiger partial charge in [0, 0.05) is 5.92 Å². The van der Waals surface area contributed by atoms with E-state index in [-0.39, 0.29) is 32.3 Å². The van der Waals surface area contributed by atoms with Crippen molar-refractivity contribution in [2.24, 2.45) is 5.92 Å². The first-order chi connectivity index (χ1) is 13.6. The van der Waals surface area contributed by atoms with Crippen molar-refractivity contribution >= 4 is 0 Å². The number of aliphatic hydroxyl groups excluding tert-OH is 6. The van der Waals surface area contributed by atoms with Crippen molar-refractivity contribution in [1.29, 1.82) is 0 Å². The van der Waals surface area contributed by atoms with Crippen LogP contribution in [0.3, 0.4) is 0 Å². The summed E-state index contributed by atoms with van der Waals surface area (Å²) in [4.78, 5) is 0. The molecule has 0 rings (SSSR count). The number of ether oxygens (including phenoxy) is 4. The molecule has 10 heteroatoms. The Morgan fingerprint density at radius 3 is 1.66 bits per heavy atom. The van der Waals surface area contributed by atoms with Crippen LogP contribution in [0, 0.1) is 5.92 Å². The topological polar surface area (TPSA) is 158 Å². The van der Waals surface area contributed by atoms with E-state index in [1.54, 1.807) is 13.8 Å². The second-order valence-electron chi connectivity index (χ2n) is 7.50. The highest BCUT2D eigenvalue weighted by Gasteiger charge is 2.27. The summed E-state index contributed by atoms with van der Waals surface area (Å²) in [5.74, 6) is -0.0147. The summed E-state index contributed by atoms with van der Waals surface area (Å²) in [6, 6.07) is 0. The molecule has 29 heavy (non-hydrogen) atoms. The first-order valence-corrected chi connectivity index (χ1v) is 9.98. The highest BCUT2D eigenvalue weighted by atomic mass is 16.6. The quantitative estimate of drug-likeness (QED) is 0.148. The lowest BCUT2D eigenvalue weighted by Gasteiger charge is -2.30. The fraction of sp³-hybridized carbons (Fsp3) is 1.00. The van der Waals surface area contributed by atoms with Crippen LogP contribution in [0.25, 0.3) is 0 Å². The van der Waals surface area contributed by atoms with E-state index < -0.39 is 49.3 Å². The average molecular weight is 429 g/mol. The van der Waals surface area contributed by atoms with Crippen LogP contribution in [-0.2, 0) is 18.9 Å². The van der Waals surface area contributed by atoms with Gasteiger partial charge in [0.05, 0.1) is 64.6 Å². The van der Waals surface area contributed by atoms with Crippen LogP contribution in [0.2, 0.25) is 0 Å². The molecule has 0 saturated carbocycles. The number of hydrogen-bond donors (Lipinski definition) is 6. The minimum atomic E-state index is -1.06. The van der Waals surface area contributed by atoms with Crippen molar-refractivity contribution in [1.82, 2.24) is 0 Å². The molecule has 8 atom stereocenters. The Bertz CT molecular complexity index is 384. The Balaban J connectivity index is 4.62. The molecule has 0 aromatic rings. The molecule has 176 valence electrons. The Labute approximate surface area is 173 Å². The molecule has 0 saturated heterocycles. The largest absolute Gasteiger partial charge is 0.394 e. The maximum atomic E-state index is 9.92. The van der Waals surface area contributed by atoms with Crippen LogP contribution in [0.1, 0.15) is 27.7 Å². The van der Waals surface area contributed by atoms with Gasteiger partial charge in [0.2, 0.25) is 0 Å². The third kappa shape index (κ3) is 13.5. The summed E-state index contributed by atoms with van der Waals surface area (Å²) in [7, 11) is 0. The minimum Gasteiger partial charge on any atom is -0.394 e. The van der Waals surface area contributed by atoms with Crippen molar-refractivity contribution in [3.8, 4) is 0 Å². The van der Waals surface area contributed by atoms with Crippen LogP contribution in [0.15, 0.2) is 0 Å². The first kappa shape index (κ1) is 28.6. The molecular weight excluding hydrogens is 388 g/mol. The fourth-order valence-electron chi connectivity index (χ4n) is 2.38. The molecule has 10 nitrogen and oxygen atoms in total. The van der Waals surface area contributed by atoms with Crippen LogP contribution in [0.4, 0.5) is 0 Å². The molecule has 0 spiro atoms. The summed E-state index contributed by atoms with van der Waals surface area (Å²) in [5, 5.41) is 55.8. The van der Waals surface area contributed by atoms with Crippen LogP contribution < -0.4 is 0 Å². The van der Waals surface area contributed by atoms with Gasteiger partial charge in [-0.05, 0) is 20.8 Å². The molecule has 0 radical (unpaired) electrons. The number of aliphatic hydroxyl groups is 6. The van der Waals surface area contributed by atoms with E-state index in [4.69, 9.17) is 29.2 Å². The normalized spacial score (nSPS) is 20.5. The molecule has 0 amide bonds. The van der Waals surface area contributed by atoms with Gasteiger partial charge in [-0.15, -0.1) is 0 Å². The predicted molar refractivity (Wildman–Crippen MR) is 104 cm³/mol. The molecule has 0 aromatic carbocycles. The molecule has 0 aliphatic carbocycles. The van der Waals surface area contributed by atoms with Crippen molar-refractivity contribution in [3.63, 3.8) is 0 Å². The SMILES string of the molecule is CC(COCC(O)CO)COC(COCC(O)CO)[C@@H](C)O[C@@H](C)C(O)[C@@H](C)O. The molecule has 0 heterocycles. The summed E-state index contributed by atoms with van der Waals surface area (Å²) >= 11 is 0. The van der Waals surface area contributed by atoms with Crippen molar-refractivity contribution in [3.05, 3.63) is 0 Å². The van der Waals surface area contributed by atoms with Crippen LogP contribution in [0.5, 0.6) is 0 Å². The molecule has 0 aliphatic heterocycles. The lowest BCUT2D eigenvalue weighted by Crippen LogP contribution is -2.43. The fourth-order valence-corrected chi connectivity index (χ4v) is 2.38. The number of rotatable bonds is 18. The van der Waals surface area contributed by atoms with Gasteiger partial charge in [-0.1, -0.05) is 6.92 Å². The van der Waals surface area contributed by atoms with Gasteiger partial charge in [0.25, 0.3) is 0 Å². The first-order valence-electron chi connectivity index (χ1n) is 9.98. The van der Waals surface area contributed by atoms with Crippen molar-refractivity contribution in [2.75, 3.05) is 46.2 Å². The van der Waals surface area contributed by atoms with Gasteiger partial charge in [0.15, 0.2) is 0 Å². The van der Waals surface area contributed by atoms with Gasteiger partial charge in [0.1, 0.15) is 24.4 Å². The highest BCUT2D eigenvalue weighted by molar-refractivity contribution is 4.74. The third-order valence-electron chi connectivity index (χ3n) is 4.25. The summed E-state index contributed by atoms with van der Waals surface area (Å²) < 4.78 is 22.4. The number of hydrogen-bond acceptors (Lipinski definition) is 10. The van der Waals surface area contributed by atoms with Gasteiger partial charge in [-0.2, -0.15) is 0 Å². The Morgan fingerprint density at radius 1 is 0.655 bits per heavy atom. The molecule has 6 N–H and O–H groups in total. The molecule has 0 fully saturated rings. The zero-order valence-corrected chi connectivity index (χ0v) is 17.9. The Kier molecular flexibility index (Phi) is 16.1. The smallest absolute Gasteiger partial charge is 0.107 e. The minimum absolute atomic E-state index is 0.0147. The lowest BCUT2D eigenvalue weighted by atomic mass is 10.1. The van der Waals surface area contributed by atoms with E-state index in [0.717, 1.165) is 0 Å². The van der Waals surface area contributed by atoms with Crippen molar-refractivity contribution in [2.45, 2.75) is 70.4 Å². The maximum Gasteiger partial charge on any atom is 0.107 e. The molecule has 0 aliphatic rings. The monoisotopic (exact) mass is 428 g/mol. The highest BCUT2D eigenvalue weighted by Crippen LogP contribution is 2.13.